The van der Waals surface area contributed by atoms with E-state index in [2.05, 4.69) is 19.2 Å². The minimum atomic E-state index is -0.125. The molecule has 2 saturated heterocycles. The molecule has 2 aliphatic heterocycles. The molecule has 2 fully saturated rings. The van der Waals surface area contributed by atoms with Crippen LogP contribution in [-0.4, -0.2) is 31.6 Å². The van der Waals surface area contributed by atoms with Gasteiger partial charge in [0.05, 0.1) is 6.61 Å². The van der Waals surface area contributed by atoms with Gasteiger partial charge in [-0.25, -0.2) is 0 Å². The molecule has 0 saturated carbocycles. The summed E-state index contributed by atoms with van der Waals surface area (Å²) in [5.41, 5.74) is -0.125. The largest absolute Gasteiger partial charge is 0.381 e. The van der Waals surface area contributed by atoms with E-state index >= 15 is 0 Å². The molecule has 0 radical (unpaired) electrons. The van der Waals surface area contributed by atoms with Gasteiger partial charge in [0.1, 0.15) is 5.72 Å². The molecule has 14 heavy (non-hydrogen) atoms. The Balaban J connectivity index is 1.75. The third kappa shape index (κ3) is 2.69. The highest BCUT2D eigenvalue weighted by Gasteiger charge is 2.32. The van der Waals surface area contributed by atoms with Crippen LogP contribution in [0.4, 0.5) is 0 Å². The van der Waals surface area contributed by atoms with Gasteiger partial charge in [-0.3, -0.25) is 5.32 Å². The molecule has 1 N–H and O–H groups in total. The van der Waals surface area contributed by atoms with Crippen molar-refractivity contribution in [1.29, 1.82) is 0 Å². The number of ether oxygens (including phenoxy) is 2. The fraction of sp³-hybridized carbons (Fsp3) is 1.00. The Morgan fingerprint density at radius 3 is 2.79 bits per heavy atom. The Morgan fingerprint density at radius 1 is 1.36 bits per heavy atom. The van der Waals surface area contributed by atoms with Gasteiger partial charge in [0.15, 0.2) is 0 Å². The molecule has 2 atom stereocenters. The molecule has 0 aliphatic carbocycles. The van der Waals surface area contributed by atoms with Crippen LogP contribution in [-0.2, 0) is 9.47 Å². The minimum absolute atomic E-state index is 0.125. The molecule has 0 bridgehead atoms. The van der Waals surface area contributed by atoms with Crippen molar-refractivity contribution < 1.29 is 9.47 Å². The smallest absolute Gasteiger partial charge is 0.113 e. The van der Waals surface area contributed by atoms with Gasteiger partial charge >= 0.3 is 0 Å². The van der Waals surface area contributed by atoms with Gasteiger partial charge in [0.25, 0.3) is 0 Å². The van der Waals surface area contributed by atoms with Crippen molar-refractivity contribution in [1.82, 2.24) is 5.32 Å². The Morgan fingerprint density at radius 2 is 2.21 bits per heavy atom. The zero-order chi connectivity index (χ0) is 10.0. The molecule has 0 aromatic carbocycles. The van der Waals surface area contributed by atoms with Crippen LogP contribution >= 0.6 is 0 Å². The average molecular weight is 199 g/mol. The summed E-state index contributed by atoms with van der Waals surface area (Å²) in [6, 6.07) is 0.525. The van der Waals surface area contributed by atoms with Gasteiger partial charge in [-0.15, -0.1) is 0 Å². The molecular weight excluding hydrogens is 178 g/mol. The number of hydrogen-bond donors (Lipinski definition) is 1. The quantitative estimate of drug-likeness (QED) is 0.731. The highest BCUT2D eigenvalue weighted by molar-refractivity contribution is 4.84. The van der Waals surface area contributed by atoms with Gasteiger partial charge in [0, 0.05) is 19.3 Å². The Bertz CT molecular complexity index is 188. The van der Waals surface area contributed by atoms with Crippen LogP contribution in [0.1, 0.15) is 33.1 Å². The zero-order valence-corrected chi connectivity index (χ0v) is 9.21. The molecule has 0 spiro atoms. The van der Waals surface area contributed by atoms with Crippen molar-refractivity contribution in [3.05, 3.63) is 0 Å². The van der Waals surface area contributed by atoms with Crippen molar-refractivity contribution >= 4 is 0 Å². The van der Waals surface area contributed by atoms with Crippen LogP contribution in [0, 0.1) is 5.92 Å². The summed E-state index contributed by atoms with van der Waals surface area (Å²) in [5.74, 6) is 0.735. The first-order chi connectivity index (χ1) is 6.66. The lowest BCUT2D eigenvalue weighted by Gasteiger charge is -2.25. The lowest BCUT2D eigenvalue weighted by atomic mass is 9.95. The fourth-order valence-electron chi connectivity index (χ4n) is 2.41. The number of nitrogens with one attached hydrogen (secondary N) is 1. The third-order valence-electron chi connectivity index (χ3n) is 3.07. The topological polar surface area (TPSA) is 30.5 Å². The van der Waals surface area contributed by atoms with Gasteiger partial charge in [0.2, 0.25) is 0 Å². The van der Waals surface area contributed by atoms with Crippen LogP contribution in [0.25, 0.3) is 0 Å². The van der Waals surface area contributed by atoms with Crippen molar-refractivity contribution in [2.45, 2.75) is 44.9 Å². The Hall–Kier alpha value is -0.120. The predicted octanol–water partition coefficient (Wildman–Crippen LogP) is 1.53. The second-order valence-electron chi connectivity index (χ2n) is 4.98. The summed E-state index contributed by atoms with van der Waals surface area (Å²) in [7, 11) is 0. The maximum atomic E-state index is 5.64. The summed E-state index contributed by atoms with van der Waals surface area (Å²) in [5, 5.41) is 3.50. The molecule has 2 rings (SSSR count). The normalized spacial score (nSPS) is 37.3. The fourth-order valence-corrected chi connectivity index (χ4v) is 2.41. The van der Waals surface area contributed by atoms with Crippen molar-refractivity contribution in [2.24, 2.45) is 5.92 Å². The first-order valence-electron chi connectivity index (χ1n) is 5.65. The Labute approximate surface area is 86.2 Å². The SMILES string of the molecule is CC1(C)N[C@@H](C[C@H]2CCCOC2)CO1. The first-order valence-corrected chi connectivity index (χ1v) is 5.65. The van der Waals surface area contributed by atoms with E-state index in [0.717, 1.165) is 25.7 Å². The van der Waals surface area contributed by atoms with E-state index in [1.807, 2.05) is 0 Å². The molecule has 2 aliphatic rings. The van der Waals surface area contributed by atoms with E-state index in [1.54, 1.807) is 0 Å². The average Bonchev–Trinajstić information content (AvgIpc) is 2.47. The standard InChI is InChI=1S/C11H21NO2/c1-11(2)12-10(8-14-11)6-9-4-3-5-13-7-9/h9-10,12H,3-8H2,1-2H3/t9-,10+/m1/s1. The first kappa shape index (κ1) is 10.4. The molecule has 0 aromatic rings. The van der Waals surface area contributed by atoms with Crippen LogP contribution in [0.5, 0.6) is 0 Å². The van der Waals surface area contributed by atoms with Gasteiger partial charge in [-0.2, -0.15) is 0 Å². The molecular formula is C11H21NO2. The molecule has 0 aromatic heterocycles. The van der Waals surface area contributed by atoms with E-state index in [1.165, 1.54) is 19.3 Å². The minimum Gasteiger partial charge on any atom is -0.381 e. The van der Waals surface area contributed by atoms with Gasteiger partial charge in [-0.1, -0.05) is 0 Å². The van der Waals surface area contributed by atoms with Crippen LogP contribution in [0.3, 0.4) is 0 Å². The predicted molar refractivity (Wildman–Crippen MR) is 55.1 cm³/mol. The Kier molecular flexibility index (Phi) is 3.10. The maximum Gasteiger partial charge on any atom is 0.113 e. The van der Waals surface area contributed by atoms with Crippen LogP contribution in [0.2, 0.25) is 0 Å². The highest BCUT2D eigenvalue weighted by atomic mass is 16.5. The molecule has 0 unspecified atom stereocenters. The maximum absolute atomic E-state index is 5.64. The molecule has 82 valence electrons. The van der Waals surface area contributed by atoms with Crippen molar-refractivity contribution in [3.8, 4) is 0 Å². The van der Waals surface area contributed by atoms with Gasteiger partial charge in [-0.05, 0) is 39.0 Å². The number of rotatable bonds is 2. The summed E-state index contributed by atoms with van der Waals surface area (Å²) in [4.78, 5) is 0. The van der Waals surface area contributed by atoms with Gasteiger partial charge < -0.3 is 9.47 Å². The third-order valence-corrected chi connectivity index (χ3v) is 3.07. The van der Waals surface area contributed by atoms with Crippen LogP contribution < -0.4 is 5.32 Å². The molecule has 0 amide bonds. The van der Waals surface area contributed by atoms with Crippen molar-refractivity contribution in [3.63, 3.8) is 0 Å². The summed E-state index contributed by atoms with van der Waals surface area (Å²) in [6.07, 6.45) is 3.74. The van der Waals surface area contributed by atoms with E-state index in [4.69, 9.17) is 9.47 Å². The molecule has 2 heterocycles. The molecule has 3 heteroatoms. The highest BCUT2D eigenvalue weighted by Crippen LogP contribution is 2.23. The van der Waals surface area contributed by atoms with Crippen molar-refractivity contribution in [2.75, 3.05) is 19.8 Å². The zero-order valence-electron chi connectivity index (χ0n) is 9.21. The van der Waals surface area contributed by atoms with Crippen LogP contribution in [0.15, 0.2) is 0 Å². The second kappa shape index (κ2) is 4.17. The monoisotopic (exact) mass is 199 g/mol. The second-order valence-corrected chi connectivity index (χ2v) is 4.98. The summed E-state index contributed by atoms with van der Waals surface area (Å²) in [6.45, 7) is 6.92. The van der Waals surface area contributed by atoms with E-state index in [-0.39, 0.29) is 5.72 Å². The number of hydrogen-bond acceptors (Lipinski definition) is 3. The summed E-state index contributed by atoms with van der Waals surface area (Å²) >= 11 is 0. The summed E-state index contributed by atoms with van der Waals surface area (Å²) < 4.78 is 11.1. The lowest BCUT2D eigenvalue weighted by Crippen LogP contribution is -2.39. The molecule has 3 nitrogen and oxygen atoms in total. The van der Waals surface area contributed by atoms with E-state index < -0.39 is 0 Å². The lowest BCUT2D eigenvalue weighted by molar-refractivity contribution is 0.0227. The van der Waals surface area contributed by atoms with E-state index in [9.17, 15) is 0 Å². The van der Waals surface area contributed by atoms with E-state index in [0.29, 0.717) is 6.04 Å².